The van der Waals surface area contributed by atoms with E-state index in [2.05, 4.69) is 36.9 Å². The number of ether oxygens (including phenoxy) is 1. The summed E-state index contributed by atoms with van der Waals surface area (Å²) in [6, 6.07) is 22.3. The number of nitro groups is 1. The lowest BCUT2D eigenvalue weighted by atomic mass is 9.94. The number of hydrogen-bond donors (Lipinski definition) is 6. The summed E-state index contributed by atoms with van der Waals surface area (Å²) < 4.78 is 73.8. The van der Waals surface area contributed by atoms with Gasteiger partial charge in [0.25, 0.3) is 25.9 Å². The molecule has 0 heterocycles. The Bertz CT molecular complexity index is 3000. The van der Waals surface area contributed by atoms with Gasteiger partial charge in [-0.05, 0) is 54.6 Å². The van der Waals surface area contributed by atoms with E-state index in [1.807, 2.05) is 0 Å². The van der Waals surface area contributed by atoms with Crippen molar-refractivity contribution in [3.8, 4) is 5.75 Å². The number of methoxy groups -OCH3 is 1. The van der Waals surface area contributed by atoms with Crippen LogP contribution < -0.4 is 47.9 Å². The average molecular weight is 815 g/mol. The van der Waals surface area contributed by atoms with E-state index in [-0.39, 0.29) is 16.9 Å². The molecule has 20 nitrogen and oxygen atoms in total. The number of hydrazone groups is 1. The smallest absolute Gasteiger partial charge is 0.296 e. The number of nitrogens with zero attached hydrogens (tertiary/aromatic N) is 4. The summed E-state index contributed by atoms with van der Waals surface area (Å²) in [5.41, 5.74) is 3.65. The number of anilines is 5. The predicted molar refractivity (Wildman–Crippen MR) is 206 cm³/mol. The maximum Gasteiger partial charge on any atom is 0.296 e. The number of nitrogens with one attached hydrogen (secondary N) is 4. The first-order valence-corrected chi connectivity index (χ1v) is 18.8. The van der Waals surface area contributed by atoms with Crippen LogP contribution in [0.3, 0.4) is 0 Å². The molecule has 0 aliphatic heterocycles. The standard InChI is InChI=1S/C35H26N8O12S2/c1-55-29-10-6-5-9-24(29)38-39-26-17-27(40-41-32-22-13-12-21(43(47)48)16-23(22)30(18-28(32)44)56(49,50)51)35(46)33(34(26)45)42-37-20-11-14-25(31(15-20)57(52,53)54)36-19-7-3-2-4-8-19/h2-18,36-38,40H,1H3,(H,49,50,51)(H,52,53,54)/b39-26?,41-32+,42-33?. The fourth-order valence-corrected chi connectivity index (χ4v) is 6.73. The Morgan fingerprint density at radius 3 is 2.07 bits per heavy atom. The molecular weight excluding hydrogens is 789 g/mol. The van der Waals surface area contributed by atoms with Crippen LogP contribution in [0.15, 0.2) is 133 Å². The van der Waals surface area contributed by atoms with E-state index < -0.39 is 85.0 Å². The topological polar surface area (TPSA) is 298 Å². The first-order chi connectivity index (χ1) is 27.0. The second-order valence-corrected chi connectivity index (χ2v) is 14.5. The summed E-state index contributed by atoms with van der Waals surface area (Å²) in [4.78, 5) is 49.6. The van der Waals surface area contributed by atoms with Gasteiger partial charge in [-0.15, -0.1) is 0 Å². The first-order valence-electron chi connectivity index (χ1n) is 16.0. The largest absolute Gasteiger partial charge is 0.495 e. The van der Waals surface area contributed by atoms with Gasteiger partial charge in [-0.25, -0.2) is 0 Å². The molecule has 1 aliphatic carbocycles. The van der Waals surface area contributed by atoms with Crippen molar-refractivity contribution in [2.75, 3.05) is 28.7 Å². The Morgan fingerprint density at radius 1 is 0.684 bits per heavy atom. The molecule has 6 rings (SSSR count). The molecule has 0 unspecified atom stereocenters. The van der Waals surface area contributed by atoms with Crippen LogP contribution >= 0.6 is 0 Å². The molecule has 0 saturated heterocycles. The van der Waals surface area contributed by atoms with Crippen molar-refractivity contribution in [2.45, 2.75) is 4.90 Å². The lowest BCUT2D eigenvalue weighted by molar-refractivity contribution is -0.384. The summed E-state index contributed by atoms with van der Waals surface area (Å²) in [6.45, 7) is 0. The van der Waals surface area contributed by atoms with Gasteiger partial charge < -0.3 is 10.1 Å². The zero-order valence-electron chi connectivity index (χ0n) is 28.9. The number of nitro benzene ring substituents is 1. The van der Waals surface area contributed by atoms with Gasteiger partial charge in [0.05, 0.1) is 29.1 Å². The molecule has 5 aromatic rings. The SMILES string of the molecule is COc1ccccc1NN=c1cc(N/N=C2/C(=O)C=C(S(=O)(=O)O)c3cc([N+](=O)[O-])ccc32)c(=O)c(=NNc2ccc(Nc3ccccc3)c(S(=O)(=O)O)c2)c1=O. The lowest BCUT2D eigenvalue weighted by Crippen LogP contribution is -2.49. The monoisotopic (exact) mass is 814 g/mol. The molecule has 0 atom stereocenters. The van der Waals surface area contributed by atoms with Crippen LogP contribution in [0.5, 0.6) is 5.75 Å². The first kappa shape index (κ1) is 39.3. The Morgan fingerprint density at radius 2 is 1.39 bits per heavy atom. The maximum absolute atomic E-state index is 13.7. The van der Waals surface area contributed by atoms with Gasteiger partial charge in [0.15, 0.2) is 5.36 Å². The molecule has 0 amide bonds. The summed E-state index contributed by atoms with van der Waals surface area (Å²) in [6.07, 6.45) is 0.491. The number of hydrogen-bond acceptors (Lipinski definition) is 17. The van der Waals surface area contributed by atoms with Crippen molar-refractivity contribution in [2.24, 2.45) is 15.3 Å². The fourth-order valence-electron chi connectivity index (χ4n) is 5.35. The molecule has 0 fully saturated rings. The Balaban J connectivity index is 1.46. The molecule has 0 spiro atoms. The van der Waals surface area contributed by atoms with Crippen LogP contribution in [0.1, 0.15) is 11.1 Å². The zero-order valence-corrected chi connectivity index (χ0v) is 30.5. The molecule has 0 saturated carbocycles. The highest BCUT2D eigenvalue weighted by molar-refractivity contribution is 7.95. The van der Waals surface area contributed by atoms with Crippen LogP contribution in [0.2, 0.25) is 0 Å². The normalized spacial score (nSPS) is 14.1. The molecule has 57 heavy (non-hydrogen) atoms. The quantitative estimate of drug-likeness (QED) is 0.0599. The van der Waals surface area contributed by atoms with Crippen LogP contribution in [-0.2, 0) is 25.0 Å². The number of para-hydroxylation sites is 3. The molecule has 22 heteroatoms. The third-order valence-corrected chi connectivity index (χ3v) is 9.78. The number of fused-ring (bicyclic) bond motifs is 1. The minimum atomic E-state index is -5.06. The number of non-ortho nitro benzene ring substituents is 1. The van der Waals surface area contributed by atoms with Crippen molar-refractivity contribution in [3.63, 3.8) is 0 Å². The Hall–Kier alpha value is -7.40. The number of carbonyl (C=O) groups excluding carboxylic acids is 1. The van der Waals surface area contributed by atoms with Gasteiger partial charge in [-0.3, -0.25) is 49.9 Å². The summed E-state index contributed by atoms with van der Waals surface area (Å²) in [7, 11) is -8.50. The second-order valence-electron chi connectivity index (χ2n) is 11.7. The van der Waals surface area contributed by atoms with E-state index in [0.29, 0.717) is 23.2 Å². The number of rotatable bonds is 12. The van der Waals surface area contributed by atoms with E-state index in [1.54, 1.807) is 54.6 Å². The maximum atomic E-state index is 13.7. The Labute approximate surface area is 320 Å². The van der Waals surface area contributed by atoms with E-state index in [1.165, 1.54) is 19.2 Å². The summed E-state index contributed by atoms with van der Waals surface area (Å²) in [5.74, 6) is -0.754. The van der Waals surface area contributed by atoms with Crippen LogP contribution in [-0.4, -0.2) is 49.5 Å². The predicted octanol–water partition coefficient (Wildman–Crippen LogP) is 2.67. The highest BCUT2D eigenvalue weighted by atomic mass is 32.2. The lowest BCUT2D eigenvalue weighted by Gasteiger charge is -2.16. The van der Waals surface area contributed by atoms with Gasteiger partial charge in [0, 0.05) is 35.0 Å². The number of allylic oxidation sites excluding steroid dienone is 1. The number of ketones is 1. The van der Waals surface area contributed by atoms with Gasteiger partial charge >= 0.3 is 0 Å². The minimum Gasteiger partial charge on any atom is -0.495 e. The van der Waals surface area contributed by atoms with Crippen LogP contribution in [0.4, 0.5) is 34.1 Å². The highest BCUT2D eigenvalue weighted by Gasteiger charge is 2.32. The molecule has 5 aromatic carbocycles. The van der Waals surface area contributed by atoms with Crippen molar-refractivity contribution in [1.82, 2.24) is 0 Å². The molecule has 0 bridgehead atoms. The van der Waals surface area contributed by atoms with Crippen LogP contribution in [0.25, 0.3) is 4.91 Å². The summed E-state index contributed by atoms with van der Waals surface area (Å²) in [5, 5.41) is 25.0. The van der Waals surface area contributed by atoms with Gasteiger partial charge in [-0.1, -0.05) is 30.3 Å². The van der Waals surface area contributed by atoms with Crippen molar-refractivity contribution >= 4 is 70.8 Å². The zero-order chi connectivity index (χ0) is 41.1. The highest BCUT2D eigenvalue weighted by Crippen LogP contribution is 2.32. The van der Waals surface area contributed by atoms with Crippen molar-refractivity contribution in [1.29, 1.82) is 0 Å². The van der Waals surface area contributed by atoms with Gasteiger partial charge in [0.1, 0.15) is 32.3 Å². The second kappa shape index (κ2) is 15.8. The third kappa shape index (κ3) is 8.63. The van der Waals surface area contributed by atoms with E-state index in [0.717, 1.165) is 30.3 Å². The van der Waals surface area contributed by atoms with Crippen LogP contribution in [0, 0.1) is 10.1 Å². The molecule has 0 aromatic heterocycles. The van der Waals surface area contributed by atoms with E-state index >= 15 is 0 Å². The van der Waals surface area contributed by atoms with E-state index in [4.69, 9.17) is 4.74 Å². The molecular formula is C35H26N8O12S2. The Kier molecular flexibility index (Phi) is 10.9. The van der Waals surface area contributed by atoms with Crippen molar-refractivity contribution < 1.29 is 40.4 Å². The average Bonchev–Trinajstić information content (AvgIpc) is 3.17. The molecule has 0 radical (unpaired) electrons. The van der Waals surface area contributed by atoms with E-state index in [9.17, 15) is 50.4 Å². The molecule has 1 aliphatic rings. The van der Waals surface area contributed by atoms with Gasteiger partial charge in [-0.2, -0.15) is 32.1 Å². The third-order valence-electron chi connectivity index (χ3n) is 8.00. The van der Waals surface area contributed by atoms with Gasteiger partial charge in [0.2, 0.25) is 16.6 Å². The molecule has 290 valence electrons. The fraction of sp³-hybridized carbons (Fsp3) is 0.0286. The summed E-state index contributed by atoms with van der Waals surface area (Å²) >= 11 is 0. The van der Waals surface area contributed by atoms with Crippen molar-refractivity contribution in [3.05, 3.63) is 156 Å². The number of benzene rings is 5. The number of carbonyl (C=O) groups is 1. The molecule has 6 N–H and O–H groups in total. The minimum absolute atomic E-state index is 0.0101.